The lowest BCUT2D eigenvalue weighted by Gasteiger charge is -2.14. The largest absolute Gasteiger partial charge is 0.284 e. The Kier molecular flexibility index (Phi) is 7.77. The van der Waals surface area contributed by atoms with Crippen molar-refractivity contribution in [2.45, 2.75) is 6.92 Å². The summed E-state index contributed by atoms with van der Waals surface area (Å²) in [5.41, 5.74) is 11.4. The first kappa shape index (κ1) is 30.3. The van der Waals surface area contributed by atoms with Crippen LogP contribution in [0.4, 0.5) is 0 Å². The predicted octanol–water partition coefficient (Wildman–Crippen LogP) is 11.0. The monoisotopic (exact) mass is 672 g/mol. The lowest BCUT2D eigenvalue weighted by Crippen LogP contribution is -2.01. The fraction of sp³-hybridized carbons (Fsp3) is 0.0244. The highest BCUT2D eigenvalue weighted by molar-refractivity contribution is 6.31. The summed E-state index contributed by atoms with van der Waals surface area (Å²) in [7, 11) is 0. The number of nitrogens with zero attached hydrogens (tertiary/aromatic N) is 5. The van der Waals surface area contributed by atoms with Crippen LogP contribution in [0, 0.1) is 18.3 Å². The quantitative estimate of drug-likeness (QED) is 0.190. The highest BCUT2D eigenvalue weighted by atomic mass is 35.5. The zero-order valence-corrected chi connectivity index (χ0v) is 27.7. The smallest absolute Gasteiger partial charge is 0.164 e. The van der Waals surface area contributed by atoms with Crippen molar-refractivity contribution in [1.29, 1.82) is 5.26 Å². The fourth-order valence-corrected chi connectivity index (χ4v) is 6.43. The van der Waals surface area contributed by atoms with Crippen LogP contribution in [0.25, 0.3) is 72.7 Å². The Hall–Kier alpha value is -6.00. The Morgan fingerprint density at radius 3 is 1.82 bits per heavy atom. The molecule has 6 nitrogen and oxygen atoms in total. The van der Waals surface area contributed by atoms with E-state index in [0.29, 0.717) is 32.6 Å². The summed E-state index contributed by atoms with van der Waals surface area (Å²) in [4.78, 5) is 5.21. The van der Waals surface area contributed by atoms with E-state index >= 15 is 0 Å². The van der Waals surface area contributed by atoms with Gasteiger partial charge in [-0.1, -0.05) is 120 Å². The van der Waals surface area contributed by atoms with Crippen LogP contribution >= 0.6 is 23.2 Å². The molecule has 0 saturated carbocycles. The van der Waals surface area contributed by atoms with Crippen molar-refractivity contribution in [3.8, 4) is 67.8 Å². The number of nitriles is 1. The van der Waals surface area contributed by atoms with Crippen molar-refractivity contribution < 1.29 is 0 Å². The molecule has 3 aromatic heterocycles. The average Bonchev–Trinajstić information content (AvgIpc) is 3.78. The molecule has 8 aromatic rings. The van der Waals surface area contributed by atoms with Gasteiger partial charge in [-0.3, -0.25) is 5.10 Å². The molecule has 0 bridgehead atoms. The van der Waals surface area contributed by atoms with E-state index in [0.717, 1.165) is 61.3 Å². The standard InChI is InChI=1S/C41H26Cl2N6/c1-25-7-9-28(10-8-25)38-34(23-44)36(27-13-11-26(12-14-27)35-24-45-47-39(35)29-15-19-31(42)20-16-29)37-40(30-17-21-32(43)22-18-30)48-49(41(37)46-38)33-5-3-2-4-6-33/h2-22,24H,1H3,(H,45,47). The first-order valence-corrected chi connectivity index (χ1v) is 16.4. The molecule has 0 radical (unpaired) electrons. The summed E-state index contributed by atoms with van der Waals surface area (Å²) in [6.07, 6.45) is 1.89. The van der Waals surface area contributed by atoms with Crippen molar-refractivity contribution in [3.05, 3.63) is 155 Å². The number of pyridine rings is 1. The minimum atomic E-state index is 0.470. The summed E-state index contributed by atoms with van der Waals surface area (Å²) in [5, 5.41) is 25.7. The molecule has 0 aliphatic carbocycles. The van der Waals surface area contributed by atoms with Gasteiger partial charge in [-0.2, -0.15) is 15.5 Å². The minimum Gasteiger partial charge on any atom is -0.284 e. The molecular formula is C41H26Cl2N6. The third-order valence-electron chi connectivity index (χ3n) is 8.61. The molecule has 0 amide bonds. The zero-order chi connectivity index (χ0) is 33.5. The van der Waals surface area contributed by atoms with Crippen molar-refractivity contribution in [2.24, 2.45) is 0 Å². The summed E-state index contributed by atoms with van der Waals surface area (Å²) in [5.74, 6) is 0. The first-order valence-electron chi connectivity index (χ1n) is 15.6. The Balaban J connectivity index is 1.40. The Morgan fingerprint density at radius 2 is 1.18 bits per heavy atom. The number of aromatic amines is 1. The van der Waals surface area contributed by atoms with E-state index in [1.54, 1.807) is 0 Å². The molecule has 0 atom stereocenters. The van der Waals surface area contributed by atoms with Crippen molar-refractivity contribution in [2.75, 3.05) is 0 Å². The van der Waals surface area contributed by atoms with Gasteiger partial charge in [-0.25, -0.2) is 9.67 Å². The van der Waals surface area contributed by atoms with Crippen LogP contribution in [-0.4, -0.2) is 25.0 Å². The molecule has 5 aromatic carbocycles. The maximum Gasteiger partial charge on any atom is 0.164 e. The van der Waals surface area contributed by atoms with E-state index in [-0.39, 0.29) is 0 Å². The number of halogens is 2. The van der Waals surface area contributed by atoms with Gasteiger partial charge in [0.05, 0.1) is 28.0 Å². The second-order valence-electron chi connectivity index (χ2n) is 11.7. The second-order valence-corrected chi connectivity index (χ2v) is 12.6. The van der Waals surface area contributed by atoms with Gasteiger partial charge < -0.3 is 0 Å². The fourth-order valence-electron chi connectivity index (χ4n) is 6.18. The molecule has 0 fully saturated rings. The van der Waals surface area contributed by atoms with E-state index in [9.17, 15) is 5.26 Å². The Bertz CT molecular complexity index is 2490. The van der Waals surface area contributed by atoms with E-state index < -0.39 is 0 Å². The van der Waals surface area contributed by atoms with Gasteiger partial charge in [0.2, 0.25) is 0 Å². The Morgan fingerprint density at radius 1 is 0.633 bits per heavy atom. The normalized spacial score (nSPS) is 11.1. The summed E-state index contributed by atoms with van der Waals surface area (Å²) in [6, 6.07) is 44.0. The maximum atomic E-state index is 10.9. The highest BCUT2D eigenvalue weighted by Gasteiger charge is 2.26. The lowest BCUT2D eigenvalue weighted by molar-refractivity contribution is 0.901. The molecule has 3 heterocycles. The molecule has 0 aliphatic rings. The molecule has 0 unspecified atom stereocenters. The van der Waals surface area contributed by atoms with Crippen LogP contribution in [-0.2, 0) is 0 Å². The molecule has 8 rings (SSSR count). The summed E-state index contributed by atoms with van der Waals surface area (Å²) in [6.45, 7) is 2.04. The number of hydrogen-bond donors (Lipinski definition) is 1. The predicted molar refractivity (Wildman–Crippen MR) is 198 cm³/mol. The van der Waals surface area contributed by atoms with Crippen LogP contribution in [0.3, 0.4) is 0 Å². The number of fused-ring (bicyclic) bond motifs is 1. The number of rotatable bonds is 6. The van der Waals surface area contributed by atoms with Gasteiger partial charge >= 0.3 is 0 Å². The van der Waals surface area contributed by atoms with Crippen LogP contribution in [0.2, 0.25) is 10.0 Å². The SMILES string of the molecule is Cc1ccc(-c2nc3c(c(-c4ccc(Cl)cc4)nn3-c3ccccc3)c(-c3ccc(-c4c[nH]nc4-c4ccc(Cl)cc4)cc3)c2C#N)cc1. The van der Waals surface area contributed by atoms with Crippen molar-refractivity contribution >= 4 is 34.2 Å². The van der Waals surface area contributed by atoms with Gasteiger partial charge in [0.15, 0.2) is 5.65 Å². The molecule has 0 saturated heterocycles. The van der Waals surface area contributed by atoms with E-state index in [1.807, 2.05) is 133 Å². The van der Waals surface area contributed by atoms with Crippen molar-refractivity contribution in [3.63, 3.8) is 0 Å². The van der Waals surface area contributed by atoms with Crippen LogP contribution < -0.4 is 0 Å². The first-order chi connectivity index (χ1) is 24.0. The molecular weight excluding hydrogens is 647 g/mol. The highest BCUT2D eigenvalue weighted by Crippen LogP contribution is 2.43. The number of aryl methyl sites for hydroxylation is 1. The third-order valence-corrected chi connectivity index (χ3v) is 9.12. The van der Waals surface area contributed by atoms with Crippen LogP contribution in [0.1, 0.15) is 11.1 Å². The third kappa shape index (κ3) is 5.55. The van der Waals surface area contributed by atoms with E-state index in [4.69, 9.17) is 33.3 Å². The Labute approximate surface area is 292 Å². The average molecular weight is 674 g/mol. The molecule has 234 valence electrons. The number of para-hydroxylation sites is 1. The second kappa shape index (κ2) is 12.6. The van der Waals surface area contributed by atoms with Gasteiger partial charge in [0, 0.05) is 44.1 Å². The molecule has 0 aliphatic heterocycles. The summed E-state index contributed by atoms with van der Waals surface area (Å²) >= 11 is 12.5. The number of aromatic nitrogens is 5. The van der Waals surface area contributed by atoms with E-state index in [2.05, 4.69) is 28.4 Å². The van der Waals surface area contributed by atoms with Crippen molar-refractivity contribution in [1.82, 2.24) is 25.0 Å². The van der Waals surface area contributed by atoms with Crippen LogP contribution in [0.15, 0.2) is 134 Å². The maximum absolute atomic E-state index is 10.9. The molecule has 1 N–H and O–H groups in total. The summed E-state index contributed by atoms with van der Waals surface area (Å²) < 4.78 is 1.86. The number of nitrogens with one attached hydrogen (secondary N) is 1. The lowest BCUT2D eigenvalue weighted by atomic mass is 9.91. The minimum absolute atomic E-state index is 0.470. The molecule has 8 heteroatoms. The van der Waals surface area contributed by atoms with Gasteiger partial charge in [-0.15, -0.1) is 0 Å². The topological polar surface area (TPSA) is 83.2 Å². The molecule has 0 spiro atoms. The number of benzene rings is 5. The van der Waals surface area contributed by atoms with Gasteiger partial charge in [0.1, 0.15) is 11.8 Å². The molecule has 49 heavy (non-hydrogen) atoms. The van der Waals surface area contributed by atoms with Gasteiger partial charge in [-0.05, 0) is 54.4 Å². The van der Waals surface area contributed by atoms with Crippen LogP contribution in [0.5, 0.6) is 0 Å². The zero-order valence-electron chi connectivity index (χ0n) is 26.2. The number of H-pyrrole nitrogens is 1. The number of hydrogen-bond acceptors (Lipinski definition) is 4. The van der Waals surface area contributed by atoms with Gasteiger partial charge in [0.25, 0.3) is 0 Å². The van der Waals surface area contributed by atoms with E-state index in [1.165, 1.54) is 0 Å².